The Morgan fingerprint density at radius 2 is 1.55 bits per heavy atom. The van der Waals surface area contributed by atoms with Crippen LogP contribution in [0.15, 0.2) is 52.3 Å². The van der Waals surface area contributed by atoms with Gasteiger partial charge in [-0.05, 0) is 23.7 Å². The summed E-state index contributed by atoms with van der Waals surface area (Å²) in [5.74, 6) is -0.519. The van der Waals surface area contributed by atoms with Crippen molar-refractivity contribution in [1.29, 1.82) is 0 Å². The molecule has 0 radical (unpaired) electrons. The highest BCUT2D eigenvalue weighted by molar-refractivity contribution is 7.91. The fraction of sp³-hybridized carbons (Fsp3) is 0. The minimum Gasteiger partial charge on any atom is -0.423 e. The molecule has 0 spiro atoms. The summed E-state index contributed by atoms with van der Waals surface area (Å²) in [5, 5.41) is 18.6. The molecule has 2 aromatic carbocycles. The molecule has 0 unspecified atom stereocenters. The van der Waals surface area contributed by atoms with Crippen LogP contribution < -0.4 is 5.46 Å². The third-order valence-electron chi connectivity index (χ3n) is 3.27. The van der Waals surface area contributed by atoms with Gasteiger partial charge in [-0.2, -0.15) is 0 Å². The van der Waals surface area contributed by atoms with Crippen molar-refractivity contribution in [2.75, 3.05) is 0 Å². The van der Waals surface area contributed by atoms with Gasteiger partial charge in [-0.25, -0.2) is 8.42 Å². The lowest BCUT2D eigenvalue weighted by atomic mass is 9.75. The summed E-state index contributed by atoms with van der Waals surface area (Å²) in [5.41, 5.74) is -0.222. The van der Waals surface area contributed by atoms with Crippen molar-refractivity contribution < 1.29 is 23.3 Å². The van der Waals surface area contributed by atoms with Gasteiger partial charge in [-0.3, -0.25) is 4.79 Å². The van der Waals surface area contributed by atoms with E-state index in [0.717, 1.165) is 0 Å². The maximum absolute atomic E-state index is 12.5. The number of hydrogen-bond donors (Lipinski definition) is 2. The molecule has 1 aliphatic rings. The Morgan fingerprint density at radius 1 is 0.900 bits per heavy atom. The molecule has 0 aromatic heterocycles. The third-order valence-corrected chi connectivity index (χ3v) is 5.13. The van der Waals surface area contributed by atoms with E-state index in [1.807, 2.05) is 0 Å². The van der Waals surface area contributed by atoms with Gasteiger partial charge in [0.25, 0.3) is 0 Å². The predicted molar refractivity (Wildman–Crippen MR) is 71.6 cm³/mol. The van der Waals surface area contributed by atoms with Crippen molar-refractivity contribution in [1.82, 2.24) is 0 Å². The van der Waals surface area contributed by atoms with E-state index < -0.39 is 22.7 Å². The molecule has 0 saturated carbocycles. The Morgan fingerprint density at radius 3 is 2.25 bits per heavy atom. The second-order valence-corrected chi connectivity index (χ2v) is 6.31. The summed E-state index contributed by atoms with van der Waals surface area (Å²) >= 11 is 0. The standard InChI is InChI=1S/C13H9BO5S/c15-13-8-4-1-2-6-10(8)20(18,19)11-7-3-5-9(12(11)13)14(16)17/h1-7,16-17H. The van der Waals surface area contributed by atoms with Gasteiger partial charge < -0.3 is 10.0 Å². The zero-order chi connectivity index (χ0) is 14.5. The number of sulfone groups is 1. The maximum Gasteiger partial charge on any atom is 0.489 e. The summed E-state index contributed by atoms with van der Waals surface area (Å²) in [6, 6.07) is 9.89. The molecule has 0 atom stereocenters. The Kier molecular flexibility index (Phi) is 2.79. The van der Waals surface area contributed by atoms with Gasteiger partial charge in [0, 0.05) is 11.1 Å². The SMILES string of the molecule is O=C1c2ccccc2S(=O)(=O)c2cccc(B(O)O)c21. The number of rotatable bonds is 1. The maximum atomic E-state index is 12.5. The molecule has 100 valence electrons. The van der Waals surface area contributed by atoms with Crippen molar-refractivity contribution in [3.05, 3.63) is 53.6 Å². The molecule has 3 rings (SSSR count). The quantitative estimate of drug-likeness (QED) is 0.602. The average Bonchev–Trinajstić information content (AvgIpc) is 2.44. The van der Waals surface area contributed by atoms with E-state index in [2.05, 4.69) is 0 Å². The van der Waals surface area contributed by atoms with Gasteiger partial charge in [-0.15, -0.1) is 0 Å². The van der Waals surface area contributed by atoms with Crippen molar-refractivity contribution in [2.45, 2.75) is 9.79 Å². The minimum atomic E-state index is -3.83. The van der Waals surface area contributed by atoms with Gasteiger partial charge in [0.1, 0.15) is 0 Å². The Hall–Kier alpha value is -1.96. The summed E-state index contributed by atoms with van der Waals surface area (Å²) in [7, 11) is -5.74. The number of fused-ring (bicyclic) bond motifs is 2. The van der Waals surface area contributed by atoms with Crippen LogP contribution in [-0.2, 0) is 9.84 Å². The monoisotopic (exact) mass is 288 g/mol. The van der Waals surface area contributed by atoms with E-state index in [1.165, 1.54) is 30.3 Å². The van der Waals surface area contributed by atoms with Gasteiger partial charge in [0.05, 0.1) is 9.79 Å². The van der Waals surface area contributed by atoms with Crippen molar-refractivity contribution in [2.24, 2.45) is 0 Å². The van der Waals surface area contributed by atoms with E-state index in [4.69, 9.17) is 0 Å². The van der Waals surface area contributed by atoms with Crippen LogP contribution >= 0.6 is 0 Å². The largest absolute Gasteiger partial charge is 0.489 e. The second-order valence-electron chi connectivity index (χ2n) is 4.42. The van der Waals surface area contributed by atoms with Crippen molar-refractivity contribution >= 4 is 28.2 Å². The highest BCUT2D eigenvalue weighted by atomic mass is 32.2. The predicted octanol–water partition coefficient (Wildman–Crippen LogP) is -0.256. The van der Waals surface area contributed by atoms with Crippen LogP contribution in [0.3, 0.4) is 0 Å². The first-order valence-corrected chi connectivity index (χ1v) is 7.31. The van der Waals surface area contributed by atoms with Gasteiger partial charge in [0.2, 0.25) is 9.84 Å². The molecule has 0 aliphatic carbocycles. The molecule has 0 bridgehead atoms. The number of hydrogen-bond acceptors (Lipinski definition) is 5. The van der Waals surface area contributed by atoms with Crippen molar-refractivity contribution in [3.8, 4) is 0 Å². The van der Waals surface area contributed by atoms with Gasteiger partial charge in [-0.1, -0.05) is 24.3 Å². The van der Waals surface area contributed by atoms with Crippen LogP contribution in [0.5, 0.6) is 0 Å². The summed E-state index contributed by atoms with van der Waals surface area (Å²) in [6.07, 6.45) is 0. The van der Waals surface area contributed by atoms with Crippen LogP contribution in [0.1, 0.15) is 15.9 Å². The fourth-order valence-electron chi connectivity index (χ4n) is 2.37. The van der Waals surface area contributed by atoms with Crippen LogP contribution in [0.2, 0.25) is 0 Å². The first-order chi connectivity index (χ1) is 9.44. The first-order valence-electron chi connectivity index (χ1n) is 5.82. The van der Waals surface area contributed by atoms with E-state index in [9.17, 15) is 23.3 Å². The molecule has 0 fully saturated rings. The van der Waals surface area contributed by atoms with Gasteiger partial charge >= 0.3 is 7.12 Å². The number of ketones is 1. The molecule has 0 amide bonds. The molecule has 2 N–H and O–H groups in total. The van der Waals surface area contributed by atoms with E-state index in [-0.39, 0.29) is 26.4 Å². The minimum absolute atomic E-state index is 0.0492. The molecular weight excluding hydrogens is 279 g/mol. The normalized spacial score (nSPS) is 15.4. The summed E-state index contributed by atoms with van der Waals surface area (Å²) in [6.45, 7) is 0. The number of carbonyl (C=O) groups is 1. The van der Waals surface area contributed by atoms with Crippen molar-refractivity contribution in [3.63, 3.8) is 0 Å². The zero-order valence-electron chi connectivity index (χ0n) is 10.1. The lowest BCUT2D eigenvalue weighted by Crippen LogP contribution is -2.38. The van der Waals surface area contributed by atoms with E-state index in [0.29, 0.717) is 0 Å². The average molecular weight is 288 g/mol. The molecule has 1 aliphatic heterocycles. The Balaban J connectivity index is 2.44. The Labute approximate surface area is 115 Å². The van der Waals surface area contributed by atoms with Crippen LogP contribution in [0, 0.1) is 0 Å². The molecule has 2 aromatic rings. The lowest BCUT2D eigenvalue weighted by molar-refractivity contribution is 0.103. The van der Waals surface area contributed by atoms with Crippen LogP contribution in [-0.4, -0.2) is 31.4 Å². The molecule has 20 heavy (non-hydrogen) atoms. The lowest BCUT2D eigenvalue weighted by Gasteiger charge is -2.20. The fourth-order valence-corrected chi connectivity index (χ4v) is 4.05. The summed E-state index contributed by atoms with van der Waals surface area (Å²) < 4.78 is 25.0. The smallest absolute Gasteiger partial charge is 0.423 e. The first kappa shape index (κ1) is 13.0. The molecule has 1 heterocycles. The van der Waals surface area contributed by atoms with Crippen LogP contribution in [0.25, 0.3) is 0 Å². The molecular formula is C13H9BO5S. The molecule has 5 nitrogen and oxygen atoms in total. The summed E-state index contributed by atoms with van der Waals surface area (Å²) in [4.78, 5) is 12.2. The second kappa shape index (κ2) is 4.27. The van der Waals surface area contributed by atoms with Gasteiger partial charge in [0.15, 0.2) is 5.78 Å². The molecule has 0 saturated heterocycles. The van der Waals surface area contributed by atoms with E-state index in [1.54, 1.807) is 12.1 Å². The topological polar surface area (TPSA) is 91.7 Å². The highest BCUT2D eigenvalue weighted by Crippen LogP contribution is 2.33. The van der Waals surface area contributed by atoms with E-state index >= 15 is 0 Å². The Bertz CT molecular complexity index is 826. The zero-order valence-corrected chi connectivity index (χ0v) is 11.0. The number of carbonyl (C=O) groups excluding carboxylic acids is 1. The highest BCUT2D eigenvalue weighted by Gasteiger charge is 2.37. The third kappa shape index (κ3) is 1.64. The molecule has 7 heteroatoms. The van der Waals surface area contributed by atoms with Crippen LogP contribution in [0.4, 0.5) is 0 Å². The number of benzene rings is 2.